The van der Waals surface area contributed by atoms with Crippen LogP contribution in [-0.2, 0) is 4.74 Å². The number of hydrogen-bond donors (Lipinski definition) is 1. The summed E-state index contributed by atoms with van der Waals surface area (Å²) in [5, 5.41) is 8.87. The molecule has 0 aromatic carbocycles. The average molecular weight is 145 g/mol. The van der Waals surface area contributed by atoms with Crippen LogP contribution in [0.15, 0.2) is 0 Å². The van der Waals surface area contributed by atoms with Gasteiger partial charge in [0.05, 0.1) is 18.3 Å². The minimum Gasteiger partial charge on any atom is -0.391 e. The summed E-state index contributed by atoms with van der Waals surface area (Å²) in [5.74, 6) is 0. The van der Waals surface area contributed by atoms with Crippen LogP contribution in [0.1, 0.15) is 27.2 Å². The van der Waals surface area contributed by atoms with Gasteiger partial charge in [-0.15, -0.1) is 0 Å². The van der Waals surface area contributed by atoms with Gasteiger partial charge in [0.1, 0.15) is 0 Å². The van der Waals surface area contributed by atoms with E-state index in [1.807, 2.05) is 13.8 Å². The maximum Gasteiger partial charge on any atom is 0.0745 e. The van der Waals surface area contributed by atoms with Crippen molar-refractivity contribution in [1.29, 1.82) is 0 Å². The van der Waals surface area contributed by atoms with E-state index >= 15 is 0 Å². The van der Waals surface area contributed by atoms with Crippen LogP contribution in [0.25, 0.3) is 0 Å². The van der Waals surface area contributed by atoms with E-state index in [1.165, 1.54) is 0 Å². The van der Waals surface area contributed by atoms with Gasteiger partial charge in [-0.1, -0.05) is 6.92 Å². The molecule has 0 bridgehead atoms. The van der Waals surface area contributed by atoms with Crippen LogP contribution in [0.2, 0.25) is 0 Å². The molecule has 1 atom stereocenters. The van der Waals surface area contributed by atoms with Crippen LogP contribution >= 0.6 is 0 Å². The Hall–Kier alpha value is -0.0800. The first-order valence-electron chi connectivity index (χ1n) is 3.59. The number of aliphatic hydroxyl groups is 1. The highest BCUT2D eigenvalue weighted by molar-refractivity contribution is 4.69. The lowest BCUT2D eigenvalue weighted by Crippen LogP contribution is -2.27. The molecule has 0 aliphatic carbocycles. The molecule has 0 heterocycles. The first kappa shape index (κ1) is 9.92. The van der Waals surface area contributed by atoms with Gasteiger partial charge in [0, 0.05) is 0 Å². The minimum absolute atomic E-state index is 0.197. The molecular weight excluding hydrogens is 128 g/mol. The van der Waals surface area contributed by atoms with Gasteiger partial charge in [-0.3, -0.25) is 0 Å². The van der Waals surface area contributed by atoms with Crippen LogP contribution < -0.4 is 0 Å². The molecule has 2 heteroatoms. The molecule has 0 rings (SSSR count). The topological polar surface area (TPSA) is 29.5 Å². The first-order valence-corrected chi connectivity index (χ1v) is 3.59. The van der Waals surface area contributed by atoms with Crippen molar-refractivity contribution >= 4 is 0 Å². The second-order valence-corrected chi connectivity index (χ2v) is 3.17. The number of hydrogen-bond acceptors (Lipinski definition) is 2. The van der Waals surface area contributed by atoms with Gasteiger partial charge < -0.3 is 9.84 Å². The predicted molar refractivity (Wildman–Crippen MR) is 41.7 cm³/mol. The van der Waals surface area contributed by atoms with Gasteiger partial charge in [-0.25, -0.2) is 0 Å². The molecule has 0 saturated heterocycles. The molecule has 0 aliphatic heterocycles. The molecule has 2 nitrogen and oxygen atoms in total. The Morgan fingerprint density at radius 2 is 2.10 bits per heavy atom. The first-order chi connectivity index (χ1) is 4.48. The summed E-state index contributed by atoms with van der Waals surface area (Å²) < 4.78 is 5.33. The summed E-state index contributed by atoms with van der Waals surface area (Å²) in [6.45, 7) is 9.75. The fourth-order valence-corrected chi connectivity index (χ4v) is 0.418. The Bertz CT molecular complexity index is 87.3. The van der Waals surface area contributed by atoms with E-state index < -0.39 is 0 Å². The van der Waals surface area contributed by atoms with E-state index in [1.54, 1.807) is 6.92 Å². The average Bonchev–Trinajstić information content (AvgIpc) is 1.85. The highest BCUT2D eigenvalue weighted by atomic mass is 16.5. The Balaban J connectivity index is 3.46. The maximum absolute atomic E-state index is 8.87. The summed E-state index contributed by atoms with van der Waals surface area (Å²) in [5.41, 5.74) is -0.197. The van der Waals surface area contributed by atoms with Gasteiger partial charge in [0.25, 0.3) is 0 Å². The Labute approximate surface area is 63.2 Å². The maximum atomic E-state index is 8.87. The van der Waals surface area contributed by atoms with Crippen LogP contribution in [0.4, 0.5) is 0 Å². The fraction of sp³-hybridized carbons (Fsp3) is 0.875. The van der Waals surface area contributed by atoms with Crippen molar-refractivity contribution in [2.75, 3.05) is 6.61 Å². The van der Waals surface area contributed by atoms with Crippen molar-refractivity contribution in [2.45, 2.75) is 38.9 Å². The molecule has 1 radical (unpaired) electrons. The molecule has 0 fully saturated rings. The second-order valence-electron chi connectivity index (χ2n) is 3.17. The summed E-state index contributed by atoms with van der Waals surface area (Å²) in [7, 11) is 0. The number of aliphatic hydroxyl groups excluding tert-OH is 1. The highest BCUT2D eigenvalue weighted by Crippen LogP contribution is 2.12. The molecule has 1 N–H and O–H groups in total. The third-order valence-electron chi connectivity index (χ3n) is 1.32. The van der Waals surface area contributed by atoms with Crippen LogP contribution in [0.3, 0.4) is 0 Å². The van der Waals surface area contributed by atoms with Gasteiger partial charge in [0.15, 0.2) is 0 Å². The molecular formula is C8H17O2. The van der Waals surface area contributed by atoms with E-state index in [0.29, 0.717) is 6.61 Å². The minimum atomic E-state index is -0.383. The van der Waals surface area contributed by atoms with E-state index in [9.17, 15) is 0 Å². The zero-order valence-electron chi connectivity index (χ0n) is 7.05. The van der Waals surface area contributed by atoms with Crippen LogP contribution in [-0.4, -0.2) is 23.4 Å². The number of ether oxygens (including phenoxy) is 1. The monoisotopic (exact) mass is 145 g/mol. The zero-order chi connectivity index (χ0) is 8.20. The van der Waals surface area contributed by atoms with E-state index in [-0.39, 0.29) is 11.7 Å². The normalized spacial score (nSPS) is 15.3. The van der Waals surface area contributed by atoms with Crippen molar-refractivity contribution in [3.8, 4) is 0 Å². The molecule has 0 aromatic rings. The Morgan fingerprint density at radius 3 is 2.40 bits per heavy atom. The molecule has 1 unspecified atom stereocenters. The standard InChI is InChI=1S/C8H17O2/c1-5-8(3,4)10-6-7(2)9/h7,9H,1,5-6H2,2-4H3. The van der Waals surface area contributed by atoms with Gasteiger partial charge in [0.2, 0.25) is 0 Å². The van der Waals surface area contributed by atoms with Crippen molar-refractivity contribution in [1.82, 2.24) is 0 Å². The lowest BCUT2D eigenvalue weighted by atomic mass is 10.1. The van der Waals surface area contributed by atoms with E-state index in [2.05, 4.69) is 6.92 Å². The molecule has 0 amide bonds. The molecule has 0 spiro atoms. The fourth-order valence-electron chi connectivity index (χ4n) is 0.418. The Kier molecular flexibility index (Phi) is 3.91. The van der Waals surface area contributed by atoms with Crippen LogP contribution in [0.5, 0.6) is 0 Å². The van der Waals surface area contributed by atoms with Gasteiger partial charge >= 0.3 is 0 Å². The van der Waals surface area contributed by atoms with Crippen molar-refractivity contribution in [3.05, 3.63) is 6.92 Å². The predicted octanol–water partition coefficient (Wildman–Crippen LogP) is 1.39. The highest BCUT2D eigenvalue weighted by Gasteiger charge is 2.15. The largest absolute Gasteiger partial charge is 0.391 e. The molecule has 0 aromatic heterocycles. The molecule has 0 saturated carbocycles. The van der Waals surface area contributed by atoms with Crippen molar-refractivity contribution < 1.29 is 9.84 Å². The smallest absolute Gasteiger partial charge is 0.0745 e. The molecule has 10 heavy (non-hydrogen) atoms. The number of rotatable bonds is 4. The summed E-state index contributed by atoms with van der Waals surface area (Å²) in [6, 6.07) is 0. The lowest BCUT2D eigenvalue weighted by molar-refractivity contribution is -0.0530. The quantitative estimate of drug-likeness (QED) is 0.647. The zero-order valence-corrected chi connectivity index (χ0v) is 7.05. The van der Waals surface area contributed by atoms with Crippen molar-refractivity contribution in [3.63, 3.8) is 0 Å². The van der Waals surface area contributed by atoms with Gasteiger partial charge in [-0.05, 0) is 27.2 Å². The van der Waals surface area contributed by atoms with E-state index in [4.69, 9.17) is 9.84 Å². The summed E-state index contributed by atoms with van der Waals surface area (Å²) in [4.78, 5) is 0. The molecule has 61 valence electrons. The van der Waals surface area contributed by atoms with Gasteiger partial charge in [-0.2, -0.15) is 0 Å². The SMILES string of the molecule is [CH2]CC(C)(C)OCC(C)O. The summed E-state index contributed by atoms with van der Waals surface area (Å²) >= 11 is 0. The van der Waals surface area contributed by atoms with Crippen molar-refractivity contribution in [2.24, 2.45) is 0 Å². The molecule has 0 aliphatic rings. The Morgan fingerprint density at radius 1 is 1.60 bits per heavy atom. The lowest BCUT2D eigenvalue weighted by Gasteiger charge is -2.24. The second kappa shape index (κ2) is 3.94. The third-order valence-corrected chi connectivity index (χ3v) is 1.32. The van der Waals surface area contributed by atoms with Crippen LogP contribution in [0, 0.1) is 6.92 Å². The van der Waals surface area contributed by atoms with E-state index in [0.717, 1.165) is 6.42 Å². The third kappa shape index (κ3) is 4.77. The summed E-state index contributed by atoms with van der Waals surface area (Å²) in [6.07, 6.45) is 0.338.